The van der Waals surface area contributed by atoms with Crippen molar-refractivity contribution in [3.05, 3.63) is 35.6 Å². The number of hydrogen-bond donors (Lipinski definition) is 1. The number of cyclic esters (lactones) is 1. The lowest BCUT2D eigenvalue weighted by Gasteiger charge is -2.46. The van der Waals surface area contributed by atoms with Crippen molar-refractivity contribution in [3.63, 3.8) is 0 Å². The van der Waals surface area contributed by atoms with Crippen LogP contribution in [0.2, 0.25) is 0 Å². The van der Waals surface area contributed by atoms with Gasteiger partial charge >= 0.3 is 6.09 Å². The van der Waals surface area contributed by atoms with Crippen molar-refractivity contribution in [1.29, 1.82) is 0 Å². The highest BCUT2D eigenvalue weighted by Gasteiger charge is 2.44. The molecular weight excluding hydrogens is 383 g/mol. The second-order valence-corrected chi connectivity index (χ2v) is 10.5. The molecule has 1 aliphatic rings. The molecule has 2 rings (SSSR count). The van der Waals surface area contributed by atoms with E-state index in [1.54, 1.807) is 17.0 Å². The van der Waals surface area contributed by atoms with Crippen molar-refractivity contribution < 1.29 is 22.3 Å². The quantitative estimate of drug-likeness (QED) is 0.692. The van der Waals surface area contributed by atoms with E-state index in [2.05, 4.69) is 25.5 Å². The molecule has 0 aliphatic carbocycles. The fourth-order valence-corrected chi connectivity index (χ4v) is 3.91. The fourth-order valence-electron chi connectivity index (χ4n) is 3.40. The summed E-state index contributed by atoms with van der Waals surface area (Å²) >= 11 is 0. The predicted octanol–water partition coefficient (Wildman–Crippen LogP) is 3.63. The molecule has 1 heterocycles. The summed E-state index contributed by atoms with van der Waals surface area (Å²) in [5.74, 6) is -0.359. The van der Waals surface area contributed by atoms with Gasteiger partial charge < -0.3 is 9.64 Å². The summed E-state index contributed by atoms with van der Waals surface area (Å²) in [6, 6.07) is 5.97. The van der Waals surface area contributed by atoms with Crippen LogP contribution >= 0.6 is 0 Å². The molecule has 28 heavy (non-hydrogen) atoms. The van der Waals surface area contributed by atoms with Crippen LogP contribution < -0.4 is 4.72 Å². The van der Waals surface area contributed by atoms with Gasteiger partial charge in [0.2, 0.25) is 10.0 Å². The molecule has 1 aromatic rings. The second-order valence-electron chi connectivity index (χ2n) is 8.62. The Morgan fingerprint density at radius 2 is 1.89 bits per heavy atom. The molecule has 1 saturated heterocycles. The summed E-state index contributed by atoms with van der Waals surface area (Å²) in [5.41, 5.74) is -0.253. The Bertz CT molecular complexity index is 789. The number of nitrogens with zero attached hydrogens (tertiary/aromatic N) is 1. The number of ether oxygens (including phenoxy) is 1. The minimum absolute atomic E-state index is 0.00174. The third kappa shape index (κ3) is 5.67. The number of sulfonamides is 1. The van der Waals surface area contributed by atoms with Crippen molar-refractivity contribution in [2.45, 2.75) is 58.6 Å². The van der Waals surface area contributed by atoms with Gasteiger partial charge in [-0.3, -0.25) is 0 Å². The zero-order chi connectivity index (χ0) is 21.2. The Morgan fingerprint density at radius 3 is 2.39 bits per heavy atom. The van der Waals surface area contributed by atoms with Gasteiger partial charge in [-0.1, -0.05) is 32.9 Å². The first-order valence-electron chi connectivity index (χ1n) is 9.54. The summed E-state index contributed by atoms with van der Waals surface area (Å²) in [4.78, 5) is 14.6. The van der Waals surface area contributed by atoms with Crippen LogP contribution in [0.3, 0.4) is 0 Å². The number of hydrogen-bond acceptors (Lipinski definition) is 4. The Labute approximate surface area is 167 Å². The smallest absolute Gasteiger partial charge is 0.410 e. The summed E-state index contributed by atoms with van der Waals surface area (Å²) < 4.78 is 44.4. The summed E-state index contributed by atoms with van der Waals surface area (Å²) in [7, 11) is -3.28. The van der Waals surface area contributed by atoms with E-state index in [0.29, 0.717) is 25.8 Å². The summed E-state index contributed by atoms with van der Waals surface area (Å²) in [5, 5.41) is 0. The van der Waals surface area contributed by atoms with E-state index in [0.717, 1.165) is 11.8 Å². The highest BCUT2D eigenvalue weighted by molar-refractivity contribution is 7.88. The first kappa shape index (κ1) is 22.6. The van der Waals surface area contributed by atoms with Crippen LogP contribution in [0.5, 0.6) is 0 Å². The van der Waals surface area contributed by atoms with Crippen LogP contribution in [0, 0.1) is 11.2 Å². The van der Waals surface area contributed by atoms with Crippen LogP contribution in [-0.4, -0.2) is 44.8 Å². The molecule has 0 spiro atoms. The van der Waals surface area contributed by atoms with Gasteiger partial charge in [0, 0.05) is 25.6 Å². The molecule has 1 fully saturated rings. The molecule has 0 aromatic heterocycles. The van der Waals surface area contributed by atoms with Crippen molar-refractivity contribution in [3.8, 4) is 0 Å². The standard InChI is InChI=1S/C20H31FN2O4S/c1-15(19(2,3)4)23-14-12-20(27-18(23)24,11-6-13-22-28(5,25)26)16-7-9-17(21)10-8-16/h7-10,15,22H,6,11-14H2,1-5H3. The minimum atomic E-state index is -3.28. The van der Waals surface area contributed by atoms with E-state index in [1.165, 1.54) is 12.1 Å². The van der Waals surface area contributed by atoms with Gasteiger partial charge in [0.25, 0.3) is 0 Å². The highest BCUT2D eigenvalue weighted by Crippen LogP contribution is 2.40. The van der Waals surface area contributed by atoms with E-state index in [-0.39, 0.29) is 23.8 Å². The normalized spacial score (nSPS) is 22.1. The largest absolute Gasteiger partial charge is 0.438 e. The van der Waals surface area contributed by atoms with Crippen LogP contribution in [-0.2, 0) is 20.4 Å². The summed E-state index contributed by atoms with van der Waals surface area (Å²) in [6.07, 6.45) is 2.21. The van der Waals surface area contributed by atoms with Crippen LogP contribution in [0.15, 0.2) is 24.3 Å². The minimum Gasteiger partial charge on any atom is -0.438 e. The van der Waals surface area contributed by atoms with Gasteiger partial charge in [-0.2, -0.15) is 0 Å². The zero-order valence-corrected chi connectivity index (χ0v) is 18.1. The molecule has 0 bridgehead atoms. The van der Waals surface area contributed by atoms with Crippen molar-refractivity contribution >= 4 is 16.1 Å². The molecule has 1 aromatic carbocycles. The summed E-state index contributed by atoms with van der Waals surface area (Å²) in [6.45, 7) is 8.99. The molecule has 2 unspecified atom stereocenters. The van der Waals surface area contributed by atoms with Crippen LogP contribution in [0.25, 0.3) is 0 Å². The molecule has 1 amide bonds. The molecule has 6 nitrogen and oxygen atoms in total. The molecule has 1 N–H and O–H groups in total. The second kappa shape index (κ2) is 8.37. The van der Waals surface area contributed by atoms with E-state index < -0.39 is 21.7 Å². The monoisotopic (exact) mass is 414 g/mol. The number of amides is 1. The molecule has 2 atom stereocenters. The van der Waals surface area contributed by atoms with Crippen LogP contribution in [0.1, 0.15) is 52.5 Å². The van der Waals surface area contributed by atoms with Gasteiger partial charge in [0.15, 0.2) is 0 Å². The number of rotatable bonds is 7. The Kier molecular flexibility index (Phi) is 6.76. The number of halogens is 1. The molecule has 0 saturated carbocycles. The van der Waals surface area contributed by atoms with Gasteiger partial charge in [0.1, 0.15) is 11.4 Å². The van der Waals surface area contributed by atoms with E-state index in [4.69, 9.17) is 4.74 Å². The number of carbonyl (C=O) groups excluding carboxylic acids is 1. The van der Waals surface area contributed by atoms with Gasteiger partial charge in [-0.25, -0.2) is 22.3 Å². The molecule has 8 heteroatoms. The van der Waals surface area contributed by atoms with E-state index >= 15 is 0 Å². The fraction of sp³-hybridized carbons (Fsp3) is 0.650. The van der Waals surface area contributed by atoms with Crippen molar-refractivity contribution in [2.75, 3.05) is 19.3 Å². The zero-order valence-electron chi connectivity index (χ0n) is 17.3. The highest BCUT2D eigenvalue weighted by atomic mass is 32.2. The van der Waals surface area contributed by atoms with E-state index in [9.17, 15) is 17.6 Å². The average molecular weight is 415 g/mol. The Morgan fingerprint density at radius 1 is 1.29 bits per heavy atom. The maximum atomic E-state index is 13.4. The predicted molar refractivity (Wildman–Crippen MR) is 107 cm³/mol. The third-order valence-electron chi connectivity index (χ3n) is 5.49. The molecular formula is C20H31FN2O4S. The topological polar surface area (TPSA) is 75.7 Å². The molecule has 158 valence electrons. The molecule has 1 aliphatic heterocycles. The lowest BCUT2D eigenvalue weighted by molar-refractivity contribution is -0.0744. The van der Waals surface area contributed by atoms with Crippen LogP contribution in [0.4, 0.5) is 9.18 Å². The number of carbonyl (C=O) groups is 1. The van der Waals surface area contributed by atoms with Gasteiger partial charge in [0.05, 0.1) is 6.26 Å². The van der Waals surface area contributed by atoms with E-state index in [1.807, 2.05) is 6.92 Å². The number of benzene rings is 1. The maximum absolute atomic E-state index is 13.4. The van der Waals surface area contributed by atoms with Gasteiger partial charge in [-0.05, 0) is 42.9 Å². The first-order chi connectivity index (χ1) is 12.8. The lowest BCUT2D eigenvalue weighted by atomic mass is 9.82. The molecule has 0 radical (unpaired) electrons. The third-order valence-corrected chi connectivity index (χ3v) is 6.22. The lowest BCUT2D eigenvalue weighted by Crippen LogP contribution is -2.54. The Balaban J connectivity index is 2.21. The SMILES string of the molecule is CC(N1CCC(CCCNS(C)(=O)=O)(c2ccc(F)cc2)OC1=O)C(C)(C)C. The first-order valence-corrected chi connectivity index (χ1v) is 11.4. The van der Waals surface area contributed by atoms with Crippen molar-refractivity contribution in [1.82, 2.24) is 9.62 Å². The average Bonchev–Trinajstić information content (AvgIpc) is 2.57. The van der Waals surface area contributed by atoms with Crippen molar-refractivity contribution in [2.24, 2.45) is 5.41 Å². The Hall–Kier alpha value is -1.67. The van der Waals surface area contributed by atoms with Gasteiger partial charge in [-0.15, -0.1) is 0 Å². The maximum Gasteiger partial charge on any atom is 0.410 e. The number of nitrogens with one attached hydrogen (secondary N) is 1.